The maximum Gasteiger partial charge on any atom is 0.324 e. The summed E-state index contributed by atoms with van der Waals surface area (Å²) in [6.07, 6.45) is 1.94. The zero-order valence-electron chi connectivity index (χ0n) is 7.47. The van der Waals surface area contributed by atoms with Crippen molar-refractivity contribution in [2.24, 2.45) is 0 Å². The van der Waals surface area contributed by atoms with Crippen LogP contribution in [0.5, 0.6) is 0 Å². The van der Waals surface area contributed by atoms with Gasteiger partial charge in [-0.1, -0.05) is 12.1 Å². The van der Waals surface area contributed by atoms with E-state index < -0.39 is 10.2 Å². The van der Waals surface area contributed by atoms with Gasteiger partial charge in [-0.15, -0.1) is 0 Å². The van der Waals surface area contributed by atoms with Gasteiger partial charge < -0.3 is 0 Å². The third kappa shape index (κ3) is 1.02. The van der Waals surface area contributed by atoms with Crippen LogP contribution in [0.15, 0.2) is 24.3 Å². The van der Waals surface area contributed by atoms with Gasteiger partial charge in [-0.2, -0.15) is 8.42 Å². The first-order valence-corrected chi connectivity index (χ1v) is 6.04. The Hall–Kier alpha value is -1.23. The summed E-state index contributed by atoms with van der Waals surface area (Å²) < 4.78 is 27.5. The molecule has 1 heterocycles. The second kappa shape index (κ2) is 2.42. The van der Waals surface area contributed by atoms with Crippen LogP contribution in [0.3, 0.4) is 0 Å². The Morgan fingerprint density at radius 3 is 2.71 bits per heavy atom. The van der Waals surface area contributed by atoms with Gasteiger partial charge in [0.05, 0.1) is 11.4 Å². The second-order valence-corrected chi connectivity index (χ2v) is 5.20. The molecule has 14 heavy (non-hydrogen) atoms. The molecule has 1 fully saturated rings. The summed E-state index contributed by atoms with van der Waals surface area (Å²) in [5.74, 6) is 0. The molecule has 4 nitrogen and oxygen atoms in total. The predicted octanol–water partition coefficient (Wildman–Crippen LogP) is 1.33. The topological polar surface area (TPSA) is 49.4 Å². The van der Waals surface area contributed by atoms with Gasteiger partial charge in [-0.05, 0) is 25.0 Å². The molecule has 0 atom stereocenters. The SMILES string of the molecule is O=S1(=O)Nc2ccccc2N1C1CC1. The summed E-state index contributed by atoms with van der Waals surface area (Å²) in [5.41, 5.74) is 1.48. The van der Waals surface area contributed by atoms with Gasteiger partial charge in [0, 0.05) is 6.04 Å². The number of hydrogen-bond acceptors (Lipinski definition) is 2. The third-order valence-electron chi connectivity index (χ3n) is 2.52. The fraction of sp³-hybridized carbons (Fsp3) is 0.333. The molecule has 1 aliphatic heterocycles. The van der Waals surface area contributed by atoms with Crippen molar-refractivity contribution in [2.75, 3.05) is 9.03 Å². The third-order valence-corrected chi connectivity index (χ3v) is 4.01. The van der Waals surface area contributed by atoms with Gasteiger partial charge in [0.25, 0.3) is 0 Å². The number of benzene rings is 1. The first-order valence-electron chi connectivity index (χ1n) is 4.60. The van der Waals surface area contributed by atoms with Crippen molar-refractivity contribution in [2.45, 2.75) is 18.9 Å². The monoisotopic (exact) mass is 210 g/mol. The smallest absolute Gasteiger partial charge is 0.264 e. The van der Waals surface area contributed by atoms with E-state index in [0.29, 0.717) is 5.69 Å². The largest absolute Gasteiger partial charge is 0.324 e. The molecular formula is C9H10N2O2S. The lowest BCUT2D eigenvalue weighted by Crippen LogP contribution is -2.31. The molecule has 1 aromatic rings. The highest BCUT2D eigenvalue weighted by molar-refractivity contribution is 7.94. The van der Waals surface area contributed by atoms with Crippen LogP contribution < -0.4 is 9.03 Å². The van der Waals surface area contributed by atoms with Crippen molar-refractivity contribution >= 4 is 21.6 Å². The molecule has 0 saturated heterocycles. The molecule has 0 spiro atoms. The molecular weight excluding hydrogens is 200 g/mol. The van der Waals surface area contributed by atoms with Crippen molar-refractivity contribution in [1.29, 1.82) is 0 Å². The van der Waals surface area contributed by atoms with E-state index >= 15 is 0 Å². The fourth-order valence-electron chi connectivity index (χ4n) is 1.77. The van der Waals surface area contributed by atoms with Gasteiger partial charge in [-0.3, -0.25) is 4.72 Å². The molecule has 0 unspecified atom stereocenters. The molecule has 1 N–H and O–H groups in total. The highest BCUT2D eigenvalue weighted by Crippen LogP contribution is 2.42. The average molecular weight is 210 g/mol. The van der Waals surface area contributed by atoms with E-state index in [4.69, 9.17) is 0 Å². The van der Waals surface area contributed by atoms with E-state index in [1.165, 1.54) is 4.31 Å². The Bertz CT molecular complexity index is 479. The van der Waals surface area contributed by atoms with Crippen molar-refractivity contribution in [3.05, 3.63) is 24.3 Å². The van der Waals surface area contributed by atoms with Crippen LogP contribution in [0.25, 0.3) is 0 Å². The normalized spacial score (nSPS) is 23.0. The maximum atomic E-state index is 11.7. The zero-order valence-corrected chi connectivity index (χ0v) is 8.29. The van der Waals surface area contributed by atoms with E-state index in [9.17, 15) is 8.42 Å². The standard InChI is InChI=1S/C9H10N2O2S/c12-14(13)10-8-3-1-2-4-9(8)11(14)7-5-6-7/h1-4,7,10H,5-6H2. The summed E-state index contributed by atoms with van der Waals surface area (Å²) in [6.45, 7) is 0. The van der Waals surface area contributed by atoms with Crippen LogP contribution >= 0.6 is 0 Å². The number of nitrogens with zero attached hydrogens (tertiary/aromatic N) is 1. The molecule has 0 amide bonds. The van der Waals surface area contributed by atoms with E-state index in [2.05, 4.69) is 4.72 Å². The molecule has 0 bridgehead atoms. The molecule has 3 rings (SSSR count). The Morgan fingerprint density at radius 2 is 2.00 bits per heavy atom. The minimum Gasteiger partial charge on any atom is -0.264 e. The molecule has 2 aliphatic rings. The molecule has 74 valence electrons. The summed E-state index contributed by atoms with van der Waals surface area (Å²) in [6, 6.07) is 7.49. The minimum atomic E-state index is -3.30. The van der Waals surface area contributed by atoms with Crippen molar-refractivity contribution < 1.29 is 8.42 Å². The van der Waals surface area contributed by atoms with Gasteiger partial charge in [-0.25, -0.2) is 4.31 Å². The number of para-hydroxylation sites is 2. The number of anilines is 2. The predicted molar refractivity (Wildman–Crippen MR) is 54.5 cm³/mol. The van der Waals surface area contributed by atoms with Crippen LogP contribution in [0.4, 0.5) is 11.4 Å². The highest BCUT2D eigenvalue weighted by atomic mass is 32.2. The lowest BCUT2D eigenvalue weighted by atomic mass is 10.3. The summed E-state index contributed by atoms with van der Waals surface area (Å²) in [5, 5.41) is 0. The fourth-order valence-corrected chi connectivity index (χ4v) is 3.34. The van der Waals surface area contributed by atoms with Crippen LogP contribution in [-0.2, 0) is 10.2 Å². The number of nitrogens with one attached hydrogen (secondary N) is 1. The zero-order chi connectivity index (χ0) is 9.76. The maximum absolute atomic E-state index is 11.7. The second-order valence-electron chi connectivity index (χ2n) is 3.65. The molecule has 1 saturated carbocycles. The van der Waals surface area contributed by atoms with E-state index in [1.807, 2.05) is 18.2 Å². The Labute approximate surface area is 82.7 Å². The number of hydrogen-bond donors (Lipinski definition) is 1. The van der Waals surface area contributed by atoms with Gasteiger partial charge in [0.2, 0.25) is 0 Å². The molecule has 0 radical (unpaired) electrons. The Kier molecular flexibility index (Phi) is 1.40. The first-order chi connectivity index (χ1) is 6.68. The Morgan fingerprint density at radius 1 is 1.29 bits per heavy atom. The quantitative estimate of drug-likeness (QED) is 0.760. The number of rotatable bonds is 1. The van der Waals surface area contributed by atoms with Gasteiger partial charge in [0.1, 0.15) is 0 Å². The van der Waals surface area contributed by atoms with E-state index in [1.54, 1.807) is 6.07 Å². The first kappa shape index (κ1) is 8.11. The summed E-state index contributed by atoms with van der Waals surface area (Å²) in [4.78, 5) is 0. The van der Waals surface area contributed by atoms with Crippen molar-refractivity contribution in [3.8, 4) is 0 Å². The molecule has 5 heteroatoms. The highest BCUT2D eigenvalue weighted by Gasteiger charge is 2.42. The van der Waals surface area contributed by atoms with Crippen LogP contribution in [-0.4, -0.2) is 14.5 Å². The van der Waals surface area contributed by atoms with E-state index in [-0.39, 0.29) is 6.04 Å². The van der Waals surface area contributed by atoms with Crippen LogP contribution in [0.2, 0.25) is 0 Å². The van der Waals surface area contributed by atoms with Gasteiger partial charge in [0.15, 0.2) is 0 Å². The average Bonchev–Trinajstić information content (AvgIpc) is 2.88. The lowest BCUT2D eigenvalue weighted by molar-refractivity contribution is 0.598. The molecule has 0 aromatic heterocycles. The molecule has 1 aromatic carbocycles. The van der Waals surface area contributed by atoms with E-state index in [0.717, 1.165) is 18.5 Å². The summed E-state index contributed by atoms with van der Waals surface area (Å²) in [7, 11) is -3.30. The van der Waals surface area contributed by atoms with Crippen molar-refractivity contribution in [1.82, 2.24) is 0 Å². The Balaban J connectivity index is 2.17. The summed E-state index contributed by atoms with van der Waals surface area (Å²) >= 11 is 0. The van der Waals surface area contributed by atoms with Crippen LogP contribution in [0, 0.1) is 0 Å². The number of fused-ring (bicyclic) bond motifs is 1. The molecule has 1 aliphatic carbocycles. The van der Waals surface area contributed by atoms with Crippen LogP contribution in [0.1, 0.15) is 12.8 Å². The van der Waals surface area contributed by atoms with Crippen molar-refractivity contribution in [3.63, 3.8) is 0 Å². The minimum absolute atomic E-state index is 0.177. The lowest BCUT2D eigenvalue weighted by Gasteiger charge is -2.15. The van der Waals surface area contributed by atoms with Gasteiger partial charge >= 0.3 is 10.2 Å².